The lowest BCUT2D eigenvalue weighted by Crippen LogP contribution is -2.58. The molecule has 0 radical (unpaired) electrons. The monoisotopic (exact) mass is 445 g/mol. The van der Waals surface area contributed by atoms with E-state index in [9.17, 15) is 24.3 Å². The summed E-state index contributed by atoms with van der Waals surface area (Å²) < 4.78 is 0. The van der Waals surface area contributed by atoms with E-state index in [0.29, 0.717) is 32.2 Å². The molecule has 1 aromatic rings. The van der Waals surface area contributed by atoms with Crippen LogP contribution in [0.25, 0.3) is 0 Å². The highest BCUT2D eigenvalue weighted by Crippen LogP contribution is 2.30. The van der Waals surface area contributed by atoms with Gasteiger partial charge in [-0.3, -0.25) is 30.2 Å². The zero-order valence-corrected chi connectivity index (χ0v) is 17.6. The molecular formula is C21H27N5O6. The van der Waals surface area contributed by atoms with Crippen LogP contribution < -0.4 is 10.9 Å². The summed E-state index contributed by atoms with van der Waals surface area (Å²) in [6.07, 6.45) is 1.71. The highest BCUT2D eigenvalue weighted by Gasteiger charge is 2.48. The van der Waals surface area contributed by atoms with Crippen LogP contribution in [0, 0.1) is 0 Å². The van der Waals surface area contributed by atoms with Crippen LogP contribution in [-0.2, 0) is 21.0 Å². The van der Waals surface area contributed by atoms with Crippen molar-refractivity contribution in [2.24, 2.45) is 0 Å². The molecule has 2 bridgehead atoms. The quantitative estimate of drug-likeness (QED) is 0.581. The molecule has 32 heavy (non-hydrogen) atoms. The zero-order chi connectivity index (χ0) is 22.7. The van der Waals surface area contributed by atoms with Crippen molar-refractivity contribution in [2.45, 2.75) is 56.8 Å². The molecule has 5 amide bonds. The fourth-order valence-corrected chi connectivity index (χ4v) is 4.51. The van der Waals surface area contributed by atoms with Crippen molar-refractivity contribution in [2.75, 3.05) is 13.1 Å². The molecule has 3 aliphatic heterocycles. The summed E-state index contributed by atoms with van der Waals surface area (Å²) in [4.78, 5) is 57.6. The number of nitrogens with one attached hydrogen (secondary N) is 2. The van der Waals surface area contributed by atoms with Crippen molar-refractivity contribution in [3.8, 4) is 0 Å². The Morgan fingerprint density at radius 2 is 1.72 bits per heavy atom. The van der Waals surface area contributed by atoms with Crippen LogP contribution >= 0.6 is 0 Å². The second-order valence-corrected chi connectivity index (χ2v) is 8.23. The number of amides is 5. The molecule has 0 aromatic heterocycles. The van der Waals surface area contributed by atoms with Crippen molar-refractivity contribution >= 4 is 23.9 Å². The number of benzene rings is 1. The average Bonchev–Trinajstić information content (AvgIpc) is 3.05. The summed E-state index contributed by atoms with van der Waals surface area (Å²) >= 11 is 0. The number of piperidine rings is 2. The number of carboxylic acid groups (broad SMARTS) is 1. The standard InChI is InChI=1S/C21H27N5O6/c27-18(16-8-4-5-11-24(16)21(30)31)22-23-19(28)17-10-9-15-12-25(17)20(29)26(15)32-13-14-6-2-1-3-7-14/h1-3,6-7,15-17H,4-5,8-13H2,(H,22,27)(H,23,28)(H,30,31)/t15-,16+,17+/m1/s1. The minimum Gasteiger partial charge on any atom is -0.465 e. The SMILES string of the molecule is O=C(NNC(=O)[C@@H]1CC[C@@H]2CN1C(=O)N2OCc1ccccc1)[C@@H]1CCCCN1C(=O)O. The van der Waals surface area contributed by atoms with Gasteiger partial charge < -0.3 is 10.0 Å². The minimum absolute atomic E-state index is 0.129. The molecule has 1 aromatic carbocycles. The van der Waals surface area contributed by atoms with Gasteiger partial charge in [0, 0.05) is 13.1 Å². The fourth-order valence-electron chi connectivity index (χ4n) is 4.51. The highest BCUT2D eigenvalue weighted by molar-refractivity contribution is 5.91. The number of carbonyl (C=O) groups excluding carboxylic acids is 3. The molecule has 0 spiro atoms. The molecule has 172 valence electrons. The van der Waals surface area contributed by atoms with Gasteiger partial charge in [-0.05, 0) is 37.7 Å². The fraction of sp³-hybridized carbons (Fsp3) is 0.524. The van der Waals surface area contributed by atoms with E-state index in [1.165, 1.54) is 9.96 Å². The van der Waals surface area contributed by atoms with Crippen LogP contribution in [-0.4, -0.2) is 75.1 Å². The Labute approximate surface area is 185 Å². The smallest absolute Gasteiger partial charge is 0.407 e. The Morgan fingerprint density at radius 3 is 2.44 bits per heavy atom. The summed E-state index contributed by atoms with van der Waals surface area (Å²) in [6, 6.07) is 7.43. The lowest BCUT2D eigenvalue weighted by molar-refractivity contribution is -0.140. The van der Waals surface area contributed by atoms with E-state index in [4.69, 9.17) is 4.84 Å². The number of likely N-dealkylation sites (tertiary alicyclic amines) is 1. The van der Waals surface area contributed by atoms with E-state index < -0.39 is 30.0 Å². The van der Waals surface area contributed by atoms with Gasteiger partial charge in [-0.1, -0.05) is 30.3 Å². The number of fused-ring (bicyclic) bond motifs is 2. The van der Waals surface area contributed by atoms with Crippen LogP contribution in [0.4, 0.5) is 9.59 Å². The first-order valence-electron chi connectivity index (χ1n) is 10.8. The Morgan fingerprint density at radius 1 is 1.00 bits per heavy atom. The van der Waals surface area contributed by atoms with Gasteiger partial charge in [0.25, 0.3) is 11.8 Å². The molecule has 3 saturated heterocycles. The zero-order valence-electron chi connectivity index (χ0n) is 17.6. The van der Waals surface area contributed by atoms with Gasteiger partial charge in [0.1, 0.15) is 18.7 Å². The molecule has 3 N–H and O–H groups in total. The number of carbonyl (C=O) groups is 4. The molecule has 0 unspecified atom stereocenters. The van der Waals surface area contributed by atoms with E-state index in [1.807, 2.05) is 30.3 Å². The lowest BCUT2D eigenvalue weighted by atomic mass is 10.0. The van der Waals surface area contributed by atoms with E-state index >= 15 is 0 Å². The number of hydrazine groups is 1. The highest BCUT2D eigenvalue weighted by atomic mass is 16.7. The van der Waals surface area contributed by atoms with Gasteiger partial charge >= 0.3 is 12.1 Å². The van der Waals surface area contributed by atoms with Gasteiger partial charge in [0.15, 0.2) is 0 Å². The van der Waals surface area contributed by atoms with Crippen molar-refractivity contribution in [1.82, 2.24) is 25.7 Å². The van der Waals surface area contributed by atoms with Gasteiger partial charge in [-0.2, -0.15) is 5.06 Å². The maximum absolute atomic E-state index is 12.8. The lowest BCUT2D eigenvalue weighted by Gasteiger charge is -2.33. The van der Waals surface area contributed by atoms with E-state index in [2.05, 4.69) is 10.9 Å². The Hall–Kier alpha value is -3.34. The molecule has 3 fully saturated rings. The van der Waals surface area contributed by atoms with Crippen molar-refractivity contribution < 1.29 is 29.1 Å². The first-order valence-corrected chi connectivity index (χ1v) is 10.8. The number of hydroxylamine groups is 2. The first-order chi connectivity index (χ1) is 15.5. The number of nitrogens with zero attached hydrogens (tertiary/aromatic N) is 3. The molecule has 0 aliphatic carbocycles. The Kier molecular flexibility index (Phi) is 6.45. The predicted octanol–water partition coefficient (Wildman–Crippen LogP) is 1.07. The molecule has 11 heteroatoms. The summed E-state index contributed by atoms with van der Waals surface area (Å²) in [5, 5.41) is 10.6. The number of rotatable bonds is 5. The molecule has 4 rings (SSSR count). The summed E-state index contributed by atoms with van der Waals surface area (Å²) in [5.41, 5.74) is 5.65. The summed E-state index contributed by atoms with van der Waals surface area (Å²) in [6.45, 7) is 0.910. The van der Waals surface area contributed by atoms with Gasteiger partial charge in [-0.15, -0.1) is 0 Å². The largest absolute Gasteiger partial charge is 0.465 e. The normalized spacial score (nSPS) is 24.9. The van der Waals surface area contributed by atoms with Crippen LogP contribution in [0.1, 0.15) is 37.7 Å². The van der Waals surface area contributed by atoms with E-state index in [1.54, 1.807) is 0 Å². The summed E-state index contributed by atoms with van der Waals surface area (Å²) in [5.74, 6) is -1.08. The Balaban J connectivity index is 1.31. The molecule has 11 nitrogen and oxygen atoms in total. The van der Waals surface area contributed by atoms with Gasteiger partial charge in [0.2, 0.25) is 0 Å². The second kappa shape index (κ2) is 9.43. The number of hydrogen-bond donors (Lipinski definition) is 3. The van der Waals surface area contributed by atoms with Gasteiger partial charge in [-0.25, -0.2) is 9.59 Å². The summed E-state index contributed by atoms with van der Waals surface area (Å²) in [7, 11) is 0. The molecule has 3 aliphatic rings. The van der Waals surface area contributed by atoms with Crippen molar-refractivity contribution in [3.05, 3.63) is 35.9 Å². The maximum Gasteiger partial charge on any atom is 0.407 e. The molecule has 3 atom stereocenters. The van der Waals surface area contributed by atoms with Crippen LogP contribution in [0.15, 0.2) is 30.3 Å². The van der Waals surface area contributed by atoms with Gasteiger partial charge in [0.05, 0.1) is 6.04 Å². The second-order valence-electron chi connectivity index (χ2n) is 8.23. The van der Waals surface area contributed by atoms with Crippen LogP contribution in [0.5, 0.6) is 0 Å². The van der Waals surface area contributed by atoms with Crippen LogP contribution in [0.3, 0.4) is 0 Å². The van der Waals surface area contributed by atoms with Crippen molar-refractivity contribution in [3.63, 3.8) is 0 Å². The average molecular weight is 445 g/mol. The van der Waals surface area contributed by atoms with E-state index in [0.717, 1.165) is 16.9 Å². The third-order valence-electron chi connectivity index (χ3n) is 6.20. The van der Waals surface area contributed by atoms with Crippen LogP contribution in [0.2, 0.25) is 0 Å². The molecular weight excluding hydrogens is 418 g/mol. The maximum atomic E-state index is 12.8. The number of urea groups is 1. The van der Waals surface area contributed by atoms with E-state index in [-0.39, 0.29) is 25.2 Å². The molecule has 3 heterocycles. The topological polar surface area (TPSA) is 132 Å². The van der Waals surface area contributed by atoms with Crippen molar-refractivity contribution in [1.29, 1.82) is 0 Å². The predicted molar refractivity (Wildman–Crippen MR) is 111 cm³/mol. The molecule has 0 saturated carbocycles. The third kappa shape index (κ3) is 4.47. The number of hydrogen-bond acceptors (Lipinski definition) is 5. The first kappa shape index (κ1) is 21.9. The Bertz CT molecular complexity index is 881. The minimum atomic E-state index is -1.16. The third-order valence-corrected chi connectivity index (χ3v) is 6.20.